The van der Waals surface area contributed by atoms with Gasteiger partial charge in [-0.25, -0.2) is 0 Å². The molecule has 1 aromatic carbocycles. The molecule has 0 radical (unpaired) electrons. The minimum absolute atomic E-state index is 0.506. The van der Waals surface area contributed by atoms with E-state index in [0.717, 1.165) is 29.7 Å². The van der Waals surface area contributed by atoms with Gasteiger partial charge in [-0.2, -0.15) is 0 Å². The molecule has 0 fully saturated rings. The van der Waals surface area contributed by atoms with E-state index in [2.05, 4.69) is 13.8 Å². The van der Waals surface area contributed by atoms with Crippen LogP contribution in [-0.2, 0) is 4.74 Å². The molecule has 0 bridgehead atoms. The summed E-state index contributed by atoms with van der Waals surface area (Å²) in [5.41, 5.74) is 1.43. The van der Waals surface area contributed by atoms with Crippen molar-refractivity contribution < 1.29 is 14.6 Å². The van der Waals surface area contributed by atoms with E-state index in [1.165, 1.54) is 0 Å². The number of aliphatic hydroxyl groups excluding tert-OH is 1. The second kappa shape index (κ2) is 6.92. The van der Waals surface area contributed by atoms with Crippen LogP contribution in [0.5, 0.6) is 5.75 Å². The standard InChI is InChI=1S/C16H26O3/c1-6-16(7-2,19-8-3)15(17)14-10-9-13(18-5)11-12(14)4/h9-11,15,17H,6-8H2,1-5H3. The molecule has 3 nitrogen and oxygen atoms in total. The highest BCUT2D eigenvalue weighted by Crippen LogP contribution is 2.37. The van der Waals surface area contributed by atoms with Crippen molar-refractivity contribution in [1.82, 2.24) is 0 Å². The normalized spacial score (nSPS) is 13.4. The van der Waals surface area contributed by atoms with Gasteiger partial charge in [0.25, 0.3) is 0 Å². The van der Waals surface area contributed by atoms with Crippen LogP contribution < -0.4 is 4.74 Å². The highest BCUT2D eigenvalue weighted by atomic mass is 16.5. The Morgan fingerprint density at radius 2 is 1.84 bits per heavy atom. The average molecular weight is 266 g/mol. The Hall–Kier alpha value is -1.06. The summed E-state index contributed by atoms with van der Waals surface area (Å²) >= 11 is 0. The van der Waals surface area contributed by atoms with E-state index in [9.17, 15) is 5.11 Å². The van der Waals surface area contributed by atoms with Crippen molar-refractivity contribution in [3.63, 3.8) is 0 Å². The Bertz CT molecular complexity index is 397. The zero-order valence-electron chi connectivity index (χ0n) is 12.7. The molecule has 108 valence electrons. The number of rotatable bonds is 7. The molecule has 1 unspecified atom stereocenters. The summed E-state index contributed by atoms with van der Waals surface area (Å²) in [5, 5.41) is 10.7. The van der Waals surface area contributed by atoms with Gasteiger partial charge >= 0.3 is 0 Å². The number of aliphatic hydroxyl groups is 1. The van der Waals surface area contributed by atoms with E-state index in [0.29, 0.717) is 6.61 Å². The molecule has 0 aliphatic heterocycles. The van der Waals surface area contributed by atoms with Crippen molar-refractivity contribution in [1.29, 1.82) is 0 Å². The van der Waals surface area contributed by atoms with Gasteiger partial charge in [0, 0.05) is 6.61 Å². The van der Waals surface area contributed by atoms with Gasteiger partial charge in [0.1, 0.15) is 11.9 Å². The van der Waals surface area contributed by atoms with Crippen molar-refractivity contribution >= 4 is 0 Å². The van der Waals surface area contributed by atoms with Gasteiger partial charge in [0.15, 0.2) is 0 Å². The van der Waals surface area contributed by atoms with E-state index >= 15 is 0 Å². The molecular formula is C16H26O3. The molecule has 1 rings (SSSR count). The summed E-state index contributed by atoms with van der Waals surface area (Å²) < 4.78 is 11.1. The molecule has 0 amide bonds. The maximum absolute atomic E-state index is 10.7. The summed E-state index contributed by atoms with van der Waals surface area (Å²) in [6.45, 7) is 8.67. The maximum atomic E-state index is 10.7. The number of aryl methyl sites for hydroxylation is 1. The highest BCUT2D eigenvalue weighted by molar-refractivity contribution is 5.37. The molecule has 19 heavy (non-hydrogen) atoms. The van der Waals surface area contributed by atoms with E-state index < -0.39 is 11.7 Å². The topological polar surface area (TPSA) is 38.7 Å². The van der Waals surface area contributed by atoms with Gasteiger partial charge in [-0.1, -0.05) is 19.9 Å². The Labute approximate surface area is 116 Å². The number of hydrogen-bond acceptors (Lipinski definition) is 3. The van der Waals surface area contributed by atoms with Gasteiger partial charge in [0.2, 0.25) is 0 Å². The van der Waals surface area contributed by atoms with Gasteiger partial charge in [0.05, 0.1) is 12.7 Å². The van der Waals surface area contributed by atoms with Crippen molar-refractivity contribution in [2.45, 2.75) is 52.2 Å². The monoisotopic (exact) mass is 266 g/mol. The predicted octanol–water partition coefficient (Wildman–Crippen LogP) is 3.63. The van der Waals surface area contributed by atoms with Crippen LogP contribution in [-0.4, -0.2) is 24.4 Å². The SMILES string of the molecule is CCOC(CC)(CC)C(O)c1ccc(OC)cc1C. The van der Waals surface area contributed by atoms with Gasteiger partial charge in [-0.05, 0) is 49.9 Å². The van der Waals surface area contributed by atoms with Crippen LogP contribution in [0.4, 0.5) is 0 Å². The van der Waals surface area contributed by atoms with Crippen LogP contribution in [0.3, 0.4) is 0 Å². The number of methoxy groups -OCH3 is 1. The van der Waals surface area contributed by atoms with Gasteiger partial charge in [-0.15, -0.1) is 0 Å². The van der Waals surface area contributed by atoms with E-state index in [1.807, 2.05) is 32.0 Å². The first kappa shape index (κ1) is 16.0. The number of ether oxygens (including phenoxy) is 2. The summed E-state index contributed by atoms with van der Waals surface area (Å²) in [6, 6.07) is 5.76. The van der Waals surface area contributed by atoms with Crippen molar-refractivity contribution in [2.75, 3.05) is 13.7 Å². The average Bonchev–Trinajstić information content (AvgIpc) is 2.44. The Morgan fingerprint density at radius 1 is 1.21 bits per heavy atom. The molecule has 0 spiro atoms. The molecule has 0 saturated heterocycles. The second-order valence-corrected chi connectivity index (χ2v) is 4.83. The lowest BCUT2D eigenvalue weighted by molar-refractivity contribution is -0.127. The van der Waals surface area contributed by atoms with Crippen LogP contribution in [0.15, 0.2) is 18.2 Å². The third kappa shape index (κ3) is 3.28. The number of benzene rings is 1. The molecule has 0 saturated carbocycles. The van der Waals surface area contributed by atoms with E-state index in [-0.39, 0.29) is 0 Å². The highest BCUT2D eigenvalue weighted by Gasteiger charge is 2.37. The van der Waals surface area contributed by atoms with E-state index in [4.69, 9.17) is 9.47 Å². The number of hydrogen-bond donors (Lipinski definition) is 1. The molecule has 0 aliphatic carbocycles. The lowest BCUT2D eigenvalue weighted by Gasteiger charge is -2.37. The van der Waals surface area contributed by atoms with Crippen molar-refractivity contribution in [3.8, 4) is 5.75 Å². The molecule has 0 aromatic heterocycles. The zero-order chi connectivity index (χ0) is 14.5. The fraction of sp³-hybridized carbons (Fsp3) is 0.625. The molecular weight excluding hydrogens is 240 g/mol. The second-order valence-electron chi connectivity index (χ2n) is 4.83. The summed E-state index contributed by atoms with van der Waals surface area (Å²) in [7, 11) is 1.65. The molecule has 1 aromatic rings. The summed E-state index contributed by atoms with van der Waals surface area (Å²) in [6.07, 6.45) is 0.946. The molecule has 0 aliphatic rings. The van der Waals surface area contributed by atoms with Crippen LogP contribution in [0.25, 0.3) is 0 Å². The zero-order valence-corrected chi connectivity index (χ0v) is 12.7. The maximum Gasteiger partial charge on any atom is 0.119 e. The van der Waals surface area contributed by atoms with Crippen LogP contribution in [0.2, 0.25) is 0 Å². The first-order valence-electron chi connectivity index (χ1n) is 7.01. The van der Waals surface area contributed by atoms with E-state index in [1.54, 1.807) is 7.11 Å². The third-order valence-corrected chi connectivity index (χ3v) is 3.90. The van der Waals surface area contributed by atoms with Crippen LogP contribution in [0.1, 0.15) is 50.8 Å². The minimum atomic E-state index is -0.617. The van der Waals surface area contributed by atoms with Crippen molar-refractivity contribution in [2.24, 2.45) is 0 Å². The van der Waals surface area contributed by atoms with Gasteiger partial charge < -0.3 is 14.6 Å². The summed E-state index contributed by atoms with van der Waals surface area (Å²) in [4.78, 5) is 0. The molecule has 3 heteroatoms. The first-order chi connectivity index (χ1) is 9.04. The fourth-order valence-electron chi connectivity index (χ4n) is 2.57. The lowest BCUT2D eigenvalue weighted by atomic mass is 9.84. The smallest absolute Gasteiger partial charge is 0.119 e. The first-order valence-corrected chi connectivity index (χ1v) is 7.01. The Morgan fingerprint density at radius 3 is 2.26 bits per heavy atom. The molecule has 1 atom stereocenters. The quantitative estimate of drug-likeness (QED) is 0.819. The van der Waals surface area contributed by atoms with Crippen LogP contribution >= 0.6 is 0 Å². The molecule has 1 N–H and O–H groups in total. The fourth-order valence-corrected chi connectivity index (χ4v) is 2.57. The third-order valence-electron chi connectivity index (χ3n) is 3.90. The largest absolute Gasteiger partial charge is 0.497 e. The van der Waals surface area contributed by atoms with Crippen LogP contribution in [0, 0.1) is 6.92 Å². The summed E-state index contributed by atoms with van der Waals surface area (Å²) in [5.74, 6) is 0.809. The van der Waals surface area contributed by atoms with Crippen molar-refractivity contribution in [3.05, 3.63) is 29.3 Å². The Kier molecular flexibility index (Phi) is 5.83. The molecule has 0 heterocycles. The minimum Gasteiger partial charge on any atom is -0.497 e. The Balaban J connectivity index is 3.12. The van der Waals surface area contributed by atoms with Gasteiger partial charge in [-0.3, -0.25) is 0 Å². The predicted molar refractivity (Wildman–Crippen MR) is 77.6 cm³/mol. The lowest BCUT2D eigenvalue weighted by Crippen LogP contribution is -2.38.